The van der Waals surface area contributed by atoms with E-state index in [-0.39, 0.29) is 12.5 Å². The van der Waals surface area contributed by atoms with Gasteiger partial charge in [0.15, 0.2) is 0 Å². The molecule has 0 radical (unpaired) electrons. The molecule has 0 saturated heterocycles. The summed E-state index contributed by atoms with van der Waals surface area (Å²) in [6.45, 7) is 4.23. The Bertz CT molecular complexity index is 878. The molecule has 0 spiro atoms. The van der Waals surface area contributed by atoms with Crippen LogP contribution in [0.25, 0.3) is 17.5 Å². The minimum Gasteiger partial charge on any atom is -0.343 e. The Kier molecular flexibility index (Phi) is 5.04. The number of hydrogen-bond acceptors (Lipinski definition) is 4. The van der Waals surface area contributed by atoms with Gasteiger partial charge in [-0.15, -0.1) is 0 Å². The van der Waals surface area contributed by atoms with Crippen LogP contribution in [0.5, 0.6) is 0 Å². The third-order valence-corrected chi connectivity index (χ3v) is 3.70. The number of hydrogen-bond donors (Lipinski definition) is 1. The van der Waals surface area contributed by atoms with Crippen LogP contribution in [0.4, 0.5) is 0 Å². The minimum atomic E-state index is -0.212. The van der Waals surface area contributed by atoms with Crippen molar-refractivity contribution in [3.05, 3.63) is 77.2 Å². The number of carbonyl (C=O) groups is 1. The molecule has 0 atom stereocenters. The lowest BCUT2D eigenvalue weighted by Crippen LogP contribution is -2.20. The summed E-state index contributed by atoms with van der Waals surface area (Å²) >= 11 is 0. The first-order valence-electron chi connectivity index (χ1n) is 8.02. The van der Waals surface area contributed by atoms with Gasteiger partial charge in [-0.3, -0.25) is 4.79 Å². The molecule has 5 heteroatoms. The normalized spacial score (nSPS) is 11.0. The number of rotatable bonds is 5. The molecule has 0 fully saturated rings. The smallest absolute Gasteiger partial charge is 0.246 e. The van der Waals surface area contributed by atoms with E-state index < -0.39 is 0 Å². The second-order valence-electron chi connectivity index (χ2n) is 5.84. The van der Waals surface area contributed by atoms with Crippen LogP contribution in [0.3, 0.4) is 0 Å². The van der Waals surface area contributed by atoms with E-state index in [0.717, 1.165) is 11.1 Å². The van der Waals surface area contributed by atoms with Gasteiger partial charge in [-0.05, 0) is 25.5 Å². The van der Waals surface area contributed by atoms with E-state index in [1.807, 2.05) is 62.4 Å². The van der Waals surface area contributed by atoms with Crippen molar-refractivity contribution in [2.75, 3.05) is 0 Å². The van der Waals surface area contributed by atoms with Gasteiger partial charge in [0.05, 0.1) is 6.54 Å². The van der Waals surface area contributed by atoms with Gasteiger partial charge in [0.1, 0.15) is 0 Å². The molecule has 1 heterocycles. The van der Waals surface area contributed by atoms with Crippen molar-refractivity contribution < 1.29 is 9.32 Å². The molecule has 0 bridgehead atoms. The van der Waals surface area contributed by atoms with E-state index in [4.69, 9.17) is 4.52 Å². The van der Waals surface area contributed by atoms with Crippen LogP contribution in [0.2, 0.25) is 0 Å². The van der Waals surface area contributed by atoms with E-state index in [2.05, 4.69) is 15.5 Å². The molecular formula is C20H19N3O2. The first-order valence-corrected chi connectivity index (χ1v) is 8.02. The Hall–Kier alpha value is -3.21. The topological polar surface area (TPSA) is 68.0 Å². The highest BCUT2D eigenvalue weighted by Crippen LogP contribution is 2.16. The molecule has 0 aliphatic carbocycles. The molecule has 1 amide bonds. The highest BCUT2D eigenvalue weighted by atomic mass is 16.5. The van der Waals surface area contributed by atoms with E-state index >= 15 is 0 Å². The second kappa shape index (κ2) is 7.57. The van der Waals surface area contributed by atoms with Crippen molar-refractivity contribution in [2.24, 2.45) is 0 Å². The lowest BCUT2D eigenvalue weighted by atomic mass is 10.1. The average molecular weight is 333 g/mol. The van der Waals surface area contributed by atoms with Gasteiger partial charge >= 0.3 is 0 Å². The van der Waals surface area contributed by atoms with Crippen molar-refractivity contribution in [2.45, 2.75) is 20.4 Å². The summed E-state index contributed by atoms with van der Waals surface area (Å²) in [5, 5.41) is 6.67. The number of carbonyl (C=O) groups excluding carboxylic acids is 1. The number of amides is 1. The predicted molar refractivity (Wildman–Crippen MR) is 96.5 cm³/mol. The molecule has 0 aliphatic rings. The number of aromatic nitrogens is 2. The zero-order valence-electron chi connectivity index (χ0n) is 14.2. The third kappa shape index (κ3) is 4.64. The minimum absolute atomic E-state index is 0.190. The first-order chi connectivity index (χ1) is 12.1. The van der Waals surface area contributed by atoms with Crippen LogP contribution in [0.15, 0.2) is 59.1 Å². The number of nitrogens with zero attached hydrogens (tertiary/aromatic N) is 2. The van der Waals surface area contributed by atoms with Crippen LogP contribution in [-0.4, -0.2) is 16.0 Å². The molecule has 3 rings (SSSR count). The van der Waals surface area contributed by atoms with Crippen LogP contribution >= 0.6 is 0 Å². The van der Waals surface area contributed by atoms with Crippen LogP contribution in [0, 0.1) is 13.8 Å². The molecule has 126 valence electrons. The lowest BCUT2D eigenvalue weighted by Gasteiger charge is -1.98. The van der Waals surface area contributed by atoms with Crippen molar-refractivity contribution in [3.8, 4) is 11.4 Å². The zero-order valence-corrected chi connectivity index (χ0v) is 14.2. The molecule has 3 aromatic rings. The average Bonchev–Trinajstić information content (AvgIpc) is 3.09. The summed E-state index contributed by atoms with van der Waals surface area (Å²) in [5.74, 6) is 0.669. The maximum absolute atomic E-state index is 11.9. The summed E-state index contributed by atoms with van der Waals surface area (Å²) < 4.78 is 5.18. The summed E-state index contributed by atoms with van der Waals surface area (Å²) in [5.41, 5.74) is 4.20. The van der Waals surface area contributed by atoms with Gasteiger partial charge in [-0.2, -0.15) is 4.98 Å². The van der Waals surface area contributed by atoms with Crippen molar-refractivity contribution in [1.29, 1.82) is 0 Å². The lowest BCUT2D eigenvalue weighted by molar-refractivity contribution is -0.116. The van der Waals surface area contributed by atoms with Gasteiger partial charge in [0.2, 0.25) is 17.6 Å². The van der Waals surface area contributed by atoms with Gasteiger partial charge in [-0.1, -0.05) is 64.8 Å². The standard InChI is InChI=1S/C20H19N3O2/c1-14-3-7-16(8-4-14)9-12-18(24)21-13-19-22-20(23-25-19)17-10-5-15(2)6-11-17/h3-12H,13H2,1-2H3,(H,21,24)/b12-9+. The van der Waals surface area contributed by atoms with E-state index in [0.29, 0.717) is 11.7 Å². The SMILES string of the molecule is Cc1ccc(/C=C/C(=O)NCc2nc(-c3ccc(C)cc3)no2)cc1. The Balaban J connectivity index is 1.55. The highest BCUT2D eigenvalue weighted by Gasteiger charge is 2.08. The molecule has 2 aromatic carbocycles. The Labute approximate surface area is 146 Å². The highest BCUT2D eigenvalue weighted by molar-refractivity contribution is 5.91. The molecule has 25 heavy (non-hydrogen) atoms. The summed E-state index contributed by atoms with van der Waals surface area (Å²) in [7, 11) is 0. The van der Waals surface area contributed by atoms with Crippen molar-refractivity contribution in [1.82, 2.24) is 15.5 Å². The molecule has 1 aromatic heterocycles. The van der Waals surface area contributed by atoms with Crippen LogP contribution < -0.4 is 5.32 Å². The molecule has 1 N–H and O–H groups in total. The maximum atomic E-state index is 11.9. The van der Waals surface area contributed by atoms with Gasteiger partial charge in [0.25, 0.3) is 0 Å². The molecular weight excluding hydrogens is 314 g/mol. The second-order valence-corrected chi connectivity index (χ2v) is 5.84. The van der Waals surface area contributed by atoms with Gasteiger partial charge in [0, 0.05) is 11.6 Å². The number of benzene rings is 2. The van der Waals surface area contributed by atoms with E-state index in [1.54, 1.807) is 6.08 Å². The Morgan fingerprint density at radius 3 is 2.36 bits per heavy atom. The van der Waals surface area contributed by atoms with Crippen molar-refractivity contribution in [3.63, 3.8) is 0 Å². The Morgan fingerprint density at radius 1 is 1.04 bits per heavy atom. The number of nitrogens with one attached hydrogen (secondary N) is 1. The fraction of sp³-hybridized carbons (Fsp3) is 0.150. The quantitative estimate of drug-likeness (QED) is 0.723. The Morgan fingerprint density at radius 2 is 1.68 bits per heavy atom. The van der Waals surface area contributed by atoms with Crippen molar-refractivity contribution >= 4 is 12.0 Å². The van der Waals surface area contributed by atoms with E-state index in [9.17, 15) is 4.79 Å². The molecule has 0 saturated carbocycles. The van der Waals surface area contributed by atoms with Gasteiger partial charge in [-0.25, -0.2) is 0 Å². The largest absolute Gasteiger partial charge is 0.343 e. The number of aryl methyl sites for hydroxylation is 2. The summed E-state index contributed by atoms with van der Waals surface area (Å²) in [6, 6.07) is 15.8. The zero-order chi connectivity index (χ0) is 17.6. The molecule has 5 nitrogen and oxygen atoms in total. The fourth-order valence-corrected chi connectivity index (χ4v) is 2.22. The third-order valence-electron chi connectivity index (χ3n) is 3.70. The summed E-state index contributed by atoms with van der Waals surface area (Å²) in [4.78, 5) is 16.2. The fourth-order valence-electron chi connectivity index (χ4n) is 2.22. The van der Waals surface area contributed by atoms with E-state index in [1.165, 1.54) is 17.2 Å². The maximum Gasteiger partial charge on any atom is 0.246 e. The first kappa shape index (κ1) is 16.6. The van der Waals surface area contributed by atoms with Crippen LogP contribution in [-0.2, 0) is 11.3 Å². The predicted octanol–water partition coefficient (Wildman–Crippen LogP) is 3.68. The van der Waals surface area contributed by atoms with Crippen LogP contribution in [0.1, 0.15) is 22.6 Å². The molecule has 0 aliphatic heterocycles. The summed E-state index contributed by atoms with van der Waals surface area (Å²) in [6.07, 6.45) is 3.25. The monoisotopic (exact) mass is 333 g/mol. The van der Waals surface area contributed by atoms with Gasteiger partial charge < -0.3 is 9.84 Å². The molecule has 0 unspecified atom stereocenters.